The van der Waals surface area contributed by atoms with Crippen molar-refractivity contribution in [3.63, 3.8) is 0 Å². The lowest BCUT2D eigenvalue weighted by Gasteiger charge is -2.36. The third-order valence-corrected chi connectivity index (χ3v) is 5.47. The second-order valence-electron chi connectivity index (χ2n) is 7.53. The fraction of sp³-hybridized carbons (Fsp3) is 0.304. The van der Waals surface area contributed by atoms with E-state index in [1.54, 1.807) is 11.0 Å². The highest BCUT2D eigenvalue weighted by atomic mass is 16.2. The average Bonchev–Trinajstić information content (AvgIpc) is 3.37. The second kappa shape index (κ2) is 9.99. The van der Waals surface area contributed by atoms with Crippen LogP contribution in [0.15, 0.2) is 72.4 Å². The number of carbonyl (C=O) groups excluding carboxylic acids is 1. The largest absolute Gasteiger partial charge is 0.369 e. The molecule has 1 N–H and O–H groups in total. The van der Waals surface area contributed by atoms with E-state index < -0.39 is 0 Å². The molecule has 2 heterocycles. The molecule has 1 aliphatic heterocycles. The fourth-order valence-corrected chi connectivity index (χ4v) is 3.59. The Morgan fingerprint density at radius 3 is 2.42 bits per heavy atom. The molecule has 0 saturated carbocycles. The van der Waals surface area contributed by atoms with Gasteiger partial charge in [-0.3, -0.25) is 9.69 Å². The Balaban J connectivity index is 1.21. The molecule has 2 aromatic carbocycles. The first-order valence-corrected chi connectivity index (χ1v) is 10.5. The lowest BCUT2D eigenvalue weighted by molar-refractivity contribution is -0.121. The maximum atomic E-state index is 12.2. The van der Waals surface area contributed by atoms with E-state index in [0.717, 1.165) is 49.7 Å². The number of nitrogens with one attached hydrogen (secondary N) is 1. The number of hydrogen-bond acceptors (Lipinski definition) is 6. The molecule has 1 aliphatic rings. The van der Waals surface area contributed by atoms with Gasteiger partial charge in [-0.25, -0.2) is 15.1 Å². The summed E-state index contributed by atoms with van der Waals surface area (Å²) in [4.78, 5) is 20.9. The zero-order valence-corrected chi connectivity index (χ0v) is 17.7. The van der Waals surface area contributed by atoms with Gasteiger partial charge in [-0.2, -0.15) is 10.2 Å². The summed E-state index contributed by atoms with van der Waals surface area (Å²) in [7, 11) is 0. The van der Waals surface area contributed by atoms with Crippen LogP contribution in [-0.2, 0) is 4.79 Å². The minimum Gasteiger partial charge on any atom is -0.369 e. The molecule has 1 amide bonds. The van der Waals surface area contributed by atoms with Crippen molar-refractivity contribution in [1.29, 1.82) is 0 Å². The Bertz CT molecular complexity index is 992. The van der Waals surface area contributed by atoms with Crippen LogP contribution in [0.25, 0.3) is 5.69 Å². The van der Waals surface area contributed by atoms with Gasteiger partial charge in [0.2, 0.25) is 5.91 Å². The number of hydrogen-bond donors (Lipinski definition) is 1. The standard InChI is InChI=1S/C23H27N7O/c1-19(20-7-9-22(10-8-20)30-18-24-17-25-30)26-27-23(31)11-12-28-13-15-29(16-14-28)21-5-3-2-4-6-21/h2-10,17-18H,11-16H2,1H3,(H,27,31)/b26-19+. The van der Waals surface area contributed by atoms with E-state index in [-0.39, 0.29) is 5.91 Å². The molecule has 0 spiro atoms. The predicted molar refractivity (Wildman–Crippen MR) is 121 cm³/mol. The molecule has 0 radical (unpaired) electrons. The van der Waals surface area contributed by atoms with Gasteiger partial charge in [0.1, 0.15) is 12.7 Å². The van der Waals surface area contributed by atoms with Gasteiger partial charge in [-0.05, 0) is 36.8 Å². The second-order valence-corrected chi connectivity index (χ2v) is 7.53. The van der Waals surface area contributed by atoms with Crippen molar-refractivity contribution in [2.45, 2.75) is 13.3 Å². The van der Waals surface area contributed by atoms with E-state index in [0.29, 0.717) is 6.42 Å². The Kier molecular flexibility index (Phi) is 6.68. The summed E-state index contributed by atoms with van der Waals surface area (Å²) in [6.45, 7) is 6.51. The summed E-state index contributed by atoms with van der Waals surface area (Å²) in [5.41, 5.74) is 6.57. The molecule has 3 aromatic rings. The van der Waals surface area contributed by atoms with Crippen LogP contribution >= 0.6 is 0 Å². The van der Waals surface area contributed by atoms with Gasteiger partial charge in [-0.1, -0.05) is 30.3 Å². The van der Waals surface area contributed by atoms with Gasteiger partial charge < -0.3 is 4.90 Å². The molecule has 1 saturated heterocycles. The van der Waals surface area contributed by atoms with Crippen molar-refractivity contribution in [3.8, 4) is 5.69 Å². The Morgan fingerprint density at radius 1 is 1.00 bits per heavy atom. The van der Waals surface area contributed by atoms with Crippen LogP contribution in [0, 0.1) is 0 Å². The number of hydrazone groups is 1. The highest BCUT2D eigenvalue weighted by Gasteiger charge is 2.17. The number of piperazine rings is 1. The maximum Gasteiger partial charge on any atom is 0.241 e. The number of carbonyl (C=O) groups is 1. The summed E-state index contributed by atoms with van der Waals surface area (Å²) in [6.07, 6.45) is 3.59. The van der Waals surface area contributed by atoms with Gasteiger partial charge in [0.25, 0.3) is 0 Å². The lowest BCUT2D eigenvalue weighted by Crippen LogP contribution is -2.47. The summed E-state index contributed by atoms with van der Waals surface area (Å²) in [5, 5.41) is 8.37. The van der Waals surface area contributed by atoms with Gasteiger partial charge in [0.05, 0.1) is 11.4 Å². The summed E-state index contributed by atoms with van der Waals surface area (Å²) in [6, 6.07) is 18.3. The van der Waals surface area contributed by atoms with Crippen LogP contribution in [0.5, 0.6) is 0 Å². The van der Waals surface area contributed by atoms with Gasteiger partial charge in [-0.15, -0.1) is 0 Å². The Hall–Kier alpha value is -3.52. The Labute approximate surface area is 182 Å². The first-order valence-electron chi connectivity index (χ1n) is 10.5. The van der Waals surface area contributed by atoms with Crippen LogP contribution in [0.4, 0.5) is 5.69 Å². The summed E-state index contributed by atoms with van der Waals surface area (Å²) in [5.74, 6) is -0.0657. The number of benzene rings is 2. The van der Waals surface area contributed by atoms with Crippen LogP contribution in [-0.4, -0.2) is 64.0 Å². The van der Waals surface area contributed by atoms with E-state index in [1.807, 2.05) is 37.3 Å². The zero-order valence-electron chi connectivity index (χ0n) is 17.7. The molecule has 1 fully saturated rings. The third-order valence-electron chi connectivity index (χ3n) is 5.47. The van der Waals surface area contributed by atoms with Crippen molar-refractivity contribution < 1.29 is 4.79 Å². The van der Waals surface area contributed by atoms with Gasteiger partial charge in [0.15, 0.2) is 0 Å². The average molecular weight is 418 g/mol. The molecule has 0 unspecified atom stereocenters. The fourth-order valence-electron chi connectivity index (χ4n) is 3.59. The molecule has 4 rings (SSSR count). The van der Waals surface area contributed by atoms with E-state index in [2.05, 4.69) is 54.7 Å². The van der Waals surface area contributed by atoms with Gasteiger partial charge in [0, 0.05) is 44.8 Å². The smallest absolute Gasteiger partial charge is 0.241 e. The highest BCUT2D eigenvalue weighted by Crippen LogP contribution is 2.15. The molecule has 1 aromatic heterocycles. The minimum atomic E-state index is -0.0657. The number of rotatable bonds is 7. The molecule has 0 atom stereocenters. The maximum absolute atomic E-state index is 12.2. The van der Waals surface area contributed by atoms with Crippen LogP contribution in [0.3, 0.4) is 0 Å². The van der Waals surface area contributed by atoms with E-state index >= 15 is 0 Å². The quantitative estimate of drug-likeness (QED) is 0.472. The lowest BCUT2D eigenvalue weighted by atomic mass is 10.1. The number of para-hydroxylation sites is 1. The topological polar surface area (TPSA) is 78.7 Å². The van der Waals surface area contributed by atoms with E-state index in [4.69, 9.17) is 0 Å². The normalized spacial score (nSPS) is 15.1. The molecule has 31 heavy (non-hydrogen) atoms. The molecule has 0 bridgehead atoms. The first kappa shape index (κ1) is 20.7. The summed E-state index contributed by atoms with van der Waals surface area (Å²) < 4.78 is 1.69. The molecular weight excluding hydrogens is 390 g/mol. The van der Waals surface area contributed by atoms with Crippen molar-refractivity contribution in [2.75, 3.05) is 37.6 Å². The number of aromatic nitrogens is 3. The van der Waals surface area contributed by atoms with Crippen LogP contribution < -0.4 is 10.3 Å². The zero-order chi connectivity index (χ0) is 21.5. The predicted octanol–water partition coefficient (Wildman–Crippen LogP) is 2.32. The first-order chi connectivity index (χ1) is 15.2. The molecular formula is C23H27N7O. The van der Waals surface area contributed by atoms with Crippen molar-refractivity contribution >= 4 is 17.3 Å². The molecule has 0 aliphatic carbocycles. The third kappa shape index (κ3) is 5.55. The molecule has 160 valence electrons. The highest BCUT2D eigenvalue weighted by molar-refractivity contribution is 5.99. The van der Waals surface area contributed by atoms with Crippen molar-refractivity contribution in [1.82, 2.24) is 25.1 Å². The van der Waals surface area contributed by atoms with Gasteiger partial charge >= 0.3 is 0 Å². The Morgan fingerprint density at radius 2 is 1.74 bits per heavy atom. The number of amides is 1. The van der Waals surface area contributed by atoms with Crippen LogP contribution in [0.2, 0.25) is 0 Å². The van der Waals surface area contributed by atoms with Crippen molar-refractivity contribution in [3.05, 3.63) is 72.8 Å². The summed E-state index contributed by atoms with van der Waals surface area (Å²) >= 11 is 0. The number of nitrogens with zero attached hydrogens (tertiary/aromatic N) is 6. The SMILES string of the molecule is C/C(=N\NC(=O)CCN1CCN(c2ccccc2)CC1)c1ccc(-n2cncn2)cc1. The molecule has 8 nitrogen and oxygen atoms in total. The van der Waals surface area contributed by atoms with Crippen LogP contribution in [0.1, 0.15) is 18.9 Å². The van der Waals surface area contributed by atoms with E-state index in [9.17, 15) is 4.79 Å². The monoisotopic (exact) mass is 417 g/mol. The number of anilines is 1. The van der Waals surface area contributed by atoms with E-state index in [1.165, 1.54) is 12.0 Å². The molecule has 8 heteroatoms. The minimum absolute atomic E-state index is 0.0657. The van der Waals surface area contributed by atoms with Crippen molar-refractivity contribution in [2.24, 2.45) is 5.10 Å².